The normalized spacial score (nSPS) is 23.6. The molecule has 0 radical (unpaired) electrons. The Labute approximate surface area is 174 Å². The number of ether oxygens (including phenoxy) is 3. The maximum atomic E-state index is 12.9. The molecule has 2 heterocycles. The fourth-order valence-corrected chi connectivity index (χ4v) is 3.91. The minimum absolute atomic E-state index is 0.0464. The van der Waals surface area contributed by atoms with Gasteiger partial charge in [-0.2, -0.15) is 0 Å². The molecule has 29 heavy (non-hydrogen) atoms. The van der Waals surface area contributed by atoms with Crippen LogP contribution in [-0.2, 0) is 11.2 Å². The molecule has 0 spiro atoms. The lowest BCUT2D eigenvalue weighted by Gasteiger charge is -2.42. The number of nitrogens with zero attached hydrogens (tertiary/aromatic N) is 1. The number of para-hydroxylation sites is 1. The molecule has 0 unspecified atom stereocenters. The molecule has 154 valence electrons. The number of halogens is 1. The largest absolute Gasteiger partial charge is 0.486 e. The van der Waals surface area contributed by atoms with Gasteiger partial charge >= 0.3 is 0 Å². The van der Waals surface area contributed by atoms with E-state index in [0.717, 1.165) is 5.56 Å². The third-order valence-corrected chi connectivity index (χ3v) is 5.63. The van der Waals surface area contributed by atoms with Crippen molar-refractivity contribution in [3.63, 3.8) is 0 Å². The minimum atomic E-state index is -1.01. The van der Waals surface area contributed by atoms with E-state index in [2.05, 4.69) is 0 Å². The molecule has 0 aromatic heterocycles. The molecule has 0 bridgehead atoms. The van der Waals surface area contributed by atoms with Gasteiger partial charge in [0, 0.05) is 6.54 Å². The number of fused-ring (bicyclic) bond motifs is 1. The highest BCUT2D eigenvalue weighted by Gasteiger charge is 2.40. The van der Waals surface area contributed by atoms with Crippen molar-refractivity contribution in [2.45, 2.75) is 31.5 Å². The van der Waals surface area contributed by atoms with Crippen molar-refractivity contribution < 1.29 is 24.1 Å². The van der Waals surface area contributed by atoms with Gasteiger partial charge in [-0.25, -0.2) is 0 Å². The fourth-order valence-electron chi connectivity index (χ4n) is 3.62. The highest BCUT2D eigenvalue weighted by atomic mass is 35.5. The van der Waals surface area contributed by atoms with Gasteiger partial charge in [0.1, 0.15) is 30.7 Å². The van der Waals surface area contributed by atoms with Crippen LogP contribution in [-0.4, -0.2) is 53.9 Å². The molecule has 1 amide bonds. The Morgan fingerprint density at radius 1 is 1.28 bits per heavy atom. The summed E-state index contributed by atoms with van der Waals surface area (Å²) < 4.78 is 17.1. The Bertz CT molecular complexity index is 886. The van der Waals surface area contributed by atoms with Gasteiger partial charge in [-0.3, -0.25) is 4.79 Å². The predicted molar refractivity (Wildman–Crippen MR) is 109 cm³/mol. The van der Waals surface area contributed by atoms with Crippen molar-refractivity contribution in [2.24, 2.45) is 0 Å². The third kappa shape index (κ3) is 4.43. The monoisotopic (exact) mass is 417 g/mol. The molecule has 2 aromatic carbocycles. The molecule has 1 saturated heterocycles. The summed E-state index contributed by atoms with van der Waals surface area (Å²) in [6, 6.07) is 12.9. The van der Waals surface area contributed by atoms with E-state index >= 15 is 0 Å². The van der Waals surface area contributed by atoms with Crippen LogP contribution >= 0.6 is 11.6 Å². The standard InChI is InChI=1S/C22H24ClNO5/c1-22(26)7-8-24(14-19(22)29-16-5-3-2-4-6-16)20(25)13-15-11-17(23)21-18(12-15)27-9-10-28-21/h2-6,11-12,19,26H,7-10,13-14H2,1H3/t19-,22-/m0/s1. The summed E-state index contributed by atoms with van der Waals surface area (Å²) >= 11 is 6.28. The Hall–Kier alpha value is -2.44. The van der Waals surface area contributed by atoms with E-state index in [1.807, 2.05) is 30.3 Å². The first-order valence-corrected chi connectivity index (χ1v) is 10.1. The number of carbonyl (C=O) groups is 1. The van der Waals surface area contributed by atoms with Crippen molar-refractivity contribution in [2.75, 3.05) is 26.3 Å². The van der Waals surface area contributed by atoms with Gasteiger partial charge in [-0.05, 0) is 43.2 Å². The Kier molecular flexibility index (Phi) is 5.56. The summed E-state index contributed by atoms with van der Waals surface area (Å²) in [6.07, 6.45) is 0.126. The molecule has 2 aliphatic rings. The second-order valence-corrected chi connectivity index (χ2v) is 8.05. The molecular weight excluding hydrogens is 394 g/mol. The highest BCUT2D eigenvalue weighted by molar-refractivity contribution is 6.32. The van der Waals surface area contributed by atoms with Crippen LogP contribution in [0.5, 0.6) is 17.2 Å². The summed E-state index contributed by atoms with van der Waals surface area (Å²) in [6.45, 7) is 3.46. The van der Waals surface area contributed by atoms with Gasteiger partial charge in [-0.15, -0.1) is 0 Å². The number of amides is 1. The summed E-state index contributed by atoms with van der Waals surface area (Å²) in [4.78, 5) is 14.7. The average Bonchev–Trinajstić information content (AvgIpc) is 2.70. The van der Waals surface area contributed by atoms with Crippen molar-refractivity contribution >= 4 is 17.5 Å². The van der Waals surface area contributed by atoms with Crippen LogP contribution in [0, 0.1) is 0 Å². The molecule has 4 rings (SSSR count). The predicted octanol–water partition coefficient (Wildman–Crippen LogP) is 3.08. The number of piperidine rings is 1. The number of hydrogen-bond donors (Lipinski definition) is 1. The second kappa shape index (κ2) is 8.13. The third-order valence-electron chi connectivity index (χ3n) is 5.35. The Morgan fingerprint density at radius 2 is 2.03 bits per heavy atom. The topological polar surface area (TPSA) is 68.2 Å². The van der Waals surface area contributed by atoms with Gasteiger partial charge < -0.3 is 24.2 Å². The van der Waals surface area contributed by atoms with E-state index in [1.54, 1.807) is 24.0 Å². The molecule has 1 N–H and O–H groups in total. The van der Waals surface area contributed by atoms with Crippen LogP contribution in [0.15, 0.2) is 42.5 Å². The number of aliphatic hydroxyl groups is 1. The Morgan fingerprint density at radius 3 is 2.83 bits per heavy atom. The van der Waals surface area contributed by atoms with E-state index < -0.39 is 11.7 Å². The number of hydrogen-bond acceptors (Lipinski definition) is 5. The number of benzene rings is 2. The average molecular weight is 418 g/mol. The molecule has 0 aliphatic carbocycles. The smallest absolute Gasteiger partial charge is 0.227 e. The van der Waals surface area contributed by atoms with E-state index in [0.29, 0.717) is 55.0 Å². The first-order chi connectivity index (χ1) is 13.9. The minimum Gasteiger partial charge on any atom is -0.486 e. The van der Waals surface area contributed by atoms with Crippen molar-refractivity contribution in [1.29, 1.82) is 0 Å². The first kappa shape index (κ1) is 19.9. The van der Waals surface area contributed by atoms with Gasteiger partial charge in [-0.1, -0.05) is 29.8 Å². The zero-order chi connectivity index (χ0) is 20.4. The van der Waals surface area contributed by atoms with Crippen molar-refractivity contribution in [3.8, 4) is 17.2 Å². The van der Waals surface area contributed by atoms with Crippen LogP contribution in [0.4, 0.5) is 0 Å². The quantitative estimate of drug-likeness (QED) is 0.828. The maximum absolute atomic E-state index is 12.9. The van der Waals surface area contributed by atoms with E-state index in [9.17, 15) is 9.90 Å². The van der Waals surface area contributed by atoms with Crippen LogP contribution in [0.2, 0.25) is 5.02 Å². The van der Waals surface area contributed by atoms with E-state index in [1.165, 1.54) is 0 Å². The highest BCUT2D eigenvalue weighted by Crippen LogP contribution is 2.38. The van der Waals surface area contributed by atoms with Gasteiger partial charge in [0.05, 0.1) is 18.0 Å². The lowest BCUT2D eigenvalue weighted by molar-refractivity contribution is -0.142. The summed E-state index contributed by atoms with van der Waals surface area (Å²) in [5.41, 5.74) is -0.241. The molecule has 2 atom stereocenters. The zero-order valence-corrected chi connectivity index (χ0v) is 17.0. The Balaban J connectivity index is 1.45. The molecule has 0 saturated carbocycles. The molecular formula is C22H24ClNO5. The van der Waals surface area contributed by atoms with Gasteiger partial charge in [0.25, 0.3) is 0 Å². The SMILES string of the molecule is C[C@]1(O)CCN(C(=O)Cc2cc(Cl)c3c(c2)OCCO3)C[C@@H]1Oc1ccccc1. The maximum Gasteiger partial charge on any atom is 0.227 e. The molecule has 6 nitrogen and oxygen atoms in total. The van der Waals surface area contributed by atoms with E-state index in [4.69, 9.17) is 25.8 Å². The van der Waals surface area contributed by atoms with Crippen molar-refractivity contribution in [3.05, 3.63) is 53.1 Å². The second-order valence-electron chi connectivity index (χ2n) is 7.65. The van der Waals surface area contributed by atoms with Crippen LogP contribution < -0.4 is 14.2 Å². The molecule has 1 fully saturated rings. The van der Waals surface area contributed by atoms with Gasteiger partial charge in [0.2, 0.25) is 5.91 Å². The number of likely N-dealkylation sites (tertiary alicyclic amines) is 1. The number of rotatable bonds is 4. The zero-order valence-electron chi connectivity index (χ0n) is 16.3. The summed E-state index contributed by atoms with van der Waals surface area (Å²) in [5.74, 6) is 1.72. The van der Waals surface area contributed by atoms with Crippen LogP contribution in [0.3, 0.4) is 0 Å². The van der Waals surface area contributed by atoms with Gasteiger partial charge in [0.15, 0.2) is 11.5 Å². The molecule has 2 aromatic rings. The summed E-state index contributed by atoms with van der Waals surface area (Å²) in [5, 5.41) is 11.2. The molecule has 2 aliphatic heterocycles. The fraction of sp³-hybridized carbons (Fsp3) is 0.409. The summed E-state index contributed by atoms with van der Waals surface area (Å²) in [7, 11) is 0. The van der Waals surface area contributed by atoms with Crippen molar-refractivity contribution in [1.82, 2.24) is 4.90 Å². The van der Waals surface area contributed by atoms with Crippen LogP contribution in [0.25, 0.3) is 0 Å². The van der Waals surface area contributed by atoms with Crippen LogP contribution in [0.1, 0.15) is 18.9 Å². The number of carbonyl (C=O) groups excluding carboxylic acids is 1. The lowest BCUT2D eigenvalue weighted by Crippen LogP contribution is -2.57. The lowest BCUT2D eigenvalue weighted by atomic mass is 9.90. The molecule has 7 heteroatoms. The first-order valence-electron chi connectivity index (χ1n) is 9.72. The van der Waals surface area contributed by atoms with E-state index in [-0.39, 0.29) is 12.3 Å².